The Labute approximate surface area is 174 Å². The Balaban J connectivity index is 1.43. The molecule has 2 atom stereocenters. The number of nitrogens with zero attached hydrogens (tertiary/aromatic N) is 3. The van der Waals surface area contributed by atoms with Crippen LogP contribution in [0.1, 0.15) is 48.3 Å². The van der Waals surface area contributed by atoms with Crippen LogP contribution in [-0.2, 0) is 17.8 Å². The van der Waals surface area contributed by atoms with Crippen molar-refractivity contribution < 1.29 is 14.0 Å². The van der Waals surface area contributed by atoms with E-state index >= 15 is 0 Å². The quantitative estimate of drug-likeness (QED) is 0.654. The summed E-state index contributed by atoms with van der Waals surface area (Å²) in [6, 6.07) is 9.32. The third kappa shape index (κ3) is 4.27. The molecule has 156 valence electrons. The highest BCUT2D eigenvalue weighted by Crippen LogP contribution is 2.25. The molecule has 0 aliphatic carbocycles. The van der Waals surface area contributed by atoms with Crippen LogP contribution in [0.3, 0.4) is 0 Å². The molecule has 30 heavy (non-hydrogen) atoms. The highest BCUT2D eigenvalue weighted by atomic mass is 16.4. The largest absolute Gasteiger partial charge is 0.438 e. The molecule has 0 radical (unpaired) electrons. The second kappa shape index (κ2) is 8.52. The van der Waals surface area contributed by atoms with Crippen LogP contribution in [0.2, 0.25) is 0 Å². The van der Waals surface area contributed by atoms with Gasteiger partial charge in [0, 0.05) is 25.6 Å². The van der Waals surface area contributed by atoms with Crippen molar-refractivity contribution in [3.05, 3.63) is 59.9 Å². The molecule has 8 heteroatoms. The van der Waals surface area contributed by atoms with Crippen LogP contribution in [0.4, 0.5) is 0 Å². The molecule has 3 heterocycles. The minimum atomic E-state index is -0.385. The fraction of sp³-hybridized carbons (Fsp3) is 0.364. The van der Waals surface area contributed by atoms with Crippen LogP contribution in [0.25, 0.3) is 11.3 Å². The highest BCUT2D eigenvalue weighted by Gasteiger charge is 2.26. The lowest BCUT2D eigenvalue weighted by atomic mass is 9.94. The third-order valence-corrected chi connectivity index (χ3v) is 5.36. The van der Waals surface area contributed by atoms with Gasteiger partial charge >= 0.3 is 0 Å². The molecule has 2 N–H and O–H groups in total. The maximum Gasteiger partial charge on any atom is 0.255 e. The van der Waals surface area contributed by atoms with Crippen molar-refractivity contribution in [2.75, 3.05) is 6.54 Å². The number of nitrogens with one attached hydrogen (secondary N) is 2. The Bertz CT molecular complexity index is 1040. The molecule has 1 aliphatic rings. The first kappa shape index (κ1) is 19.9. The van der Waals surface area contributed by atoms with Crippen molar-refractivity contribution in [1.29, 1.82) is 0 Å². The van der Waals surface area contributed by atoms with Gasteiger partial charge in [-0.15, -0.1) is 0 Å². The predicted octanol–water partition coefficient (Wildman–Crippen LogP) is 2.73. The standard InChI is InChI=1S/C22H25N5O3/c1-14(22-24-13-20(30-22)17-6-4-3-5-7-17)26-21(29)18-12-25-27-9-8-16(10-19(18)27)11-23-15(2)28/h3-7,12-14,16H,8-11H2,1-2H3,(H,23,28)(H,26,29). The molecule has 0 spiro atoms. The molecule has 4 rings (SSSR count). The van der Waals surface area contributed by atoms with Gasteiger partial charge in [-0.2, -0.15) is 5.10 Å². The molecule has 0 bridgehead atoms. The lowest BCUT2D eigenvalue weighted by molar-refractivity contribution is -0.119. The summed E-state index contributed by atoms with van der Waals surface area (Å²) in [6.45, 7) is 4.70. The summed E-state index contributed by atoms with van der Waals surface area (Å²) in [6.07, 6.45) is 4.91. The van der Waals surface area contributed by atoms with Crippen molar-refractivity contribution >= 4 is 11.8 Å². The van der Waals surface area contributed by atoms with Crippen molar-refractivity contribution in [1.82, 2.24) is 25.4 Å². The number of hydrogen-bond donors (Lipinski definition) is 2. The zero-order chi connectivity index (χ0) is 21.1. The van der Waals surface area contributed by atoms with E-state index in [4.69, 9.17) is 4.42 Å². The zero-order valence-corrected chi connectivity index (χ0v) is 17.1. The molecule has 8 nitrogen and oxygen atoms in total. The van der Waals surface area contributed by atoms with E-state index in [9.17, 15) is 9.59 Å². The summed E-state index contributed by atoms with van der Waals surface area (Å²) in [4.78, 5) is 28.4. The smallest absolute Gasteiger partial charge is 0.255 e. The molecule has 0 saturated carbocycles. The van der Waals surface area contributed by atoms with Crippen molar-refractivity contribution in [3.63, 3.8) is 0 Å². The Morgan fingerprint density at radius 3 is 2.83 bits per heavy atom. The van der Waals surface area contributed by atoms with Gasteiger partial charge in [-0.1, -0.05) is 30.3 Å². The molecular weight excluding hydrogens is 382 g/mol. The number of oxazole rings is 1. The average molecular weight is 407 g/mol. The van der Waals surface area contributed by atoms with Gasteiger partial charge in [-0.3, -0.25) is 14.3 Å². The maximum atomic E-state index is 12.9. The normalized spacial score (nSPS) is 16.5. The van der Waals surface area contributed by atoms with Crippen molar-refractivity contribution in [3.8, 4) is 11.3 Å². The second-order valence-corrected chi connectivity index (χ2v) is 7.65. The van der Waals surface area contributed by atoms with E-state index in [0.29, 0.717) is 36.1 Å². The number of fused-ring (bicyclic) bond motifs is 1. The Morgan fingerprint density at radius 2 is 2.07 bits per heavy atom. The molecule has 2 amide bonds. The molecule has 0 saturated heterocycles. The molecule has 2 aromatic heterocycles. The fourth-order valence-electron chi connectivity index (χ4n) is 3.71. The monoisotopic (exact) mass is 407 g/mol. The van der Waals surface area contributed by atoms with E-state index in [0.717, 1.165) is 24.2 Å². The Hall–Kier alpha value is -3.42. The van der Waals surface area contributed by atoms with Crippen LogP contribution in [0, 0.1) is 5.92 Å². The number of carbonyl (C=O) groups is 2. The predicted molar refractivity (Wildman–Crippen MR) is 111 cm³/mol. The van der Waals surface area contributed by atoms with Crippen LogP contribution in [0.15, 0.2) is 47.1 Å². The number of aromatic nitrogens is 3. The minimum Gasteiger partial charge on any atom is -0.438 e. The first-order valence-corrected chi connectivity index (χ1v) is 10.1. The van der Waals surface area contributed by atoms with Crippen molar-refractivity contribution in [2.24, 2.45) is 5.92 Å². The Kier molecular flexibility index (Phi) is 5.65. The first-order chi connectivity index (χ1) is 14.5. The Morgan fingerprint density at radius 1 is 1.27 bits per heavy atom. The van der Waals surface area contributed by atoms with E-state index in [1.54, 1.807) is 12.4 Å². The van der Waals surface area contributed by atoms with Crippen LogP contribution < -0.4 is 10.6 Å². The maximum absolute atomic E-state index is 12.9. The average Bonchev–Trinajstić information content (AvgIpc) is 3.40. The summed E-state index contributed by atoms with van der Waals surface area (Å²) in [5.41, 5.74) is 2.40. The molecule has 3 aromatic rings. The lowest BCUT2D eigenvalue weighted by Crippen LogP contribution is -2.33. The van der Waals surface area contributed by atoms with E-state index in [2.05, 4.69) is 20.7 Å². The van der Waals surface area contributed by atoms with Crippen LogP contribution >= 0.6 is 0 Å². The minimum absolute atomic E-state index is 0.0401. The van der Waals surface area contributed by atoms with Gasteiger partial charge in [-0.25, -0.2) is 4.98 Å². The first-order valence-electron chi connectivity index (χ1n) is 10.1. The van der Waals surface area contributed by atoms with Crippen LogP contribution in [0.5, 0.6) is 0 Å². The topological polar surface area (TPSA) is 102 Å². The summed E-state index contributed by atoms with van der Waals surface area (Å²) in [5, 5.41) is 10.2. The molecule has 0 fully saturated rings. The number of aryl methyl sites for hydroxylation is 1. The van der Waals surface area contributed by atoms with Crippen molar-refractivity contribution in [2.45, 2.75) is 39.3 Å². The number of amides is 2. The van der Waals surface area contributed by atoms with E-state index in [-0.39, 0.29) is 17.9 Å². The summed E-state index contributed by atoms with van der Waals surface area (Å²) in [5.74, 6) is 1.16. The number of hydrogen-bond acceptors (Lipinski definition) is 5. The van der Waals surface area contributed by atoms with Gasteiger partial charge in [-0.05, 0) is 25.7 Å². The summed E-state index contributed by atoms with van der Waals surface area (Å²) >= 11 is 0. The van der Waals surface area contributed by atoms with Gasteiger partial charge in [0.1, 0.15) is 6.04 Å². The molecule has 2 unspecified atom stereocenters. The molecule has 1 aliphatic heterocycles. The zero-order valence-electron chi connectivity index (χ0n) is 17.1. The van der Waals surface area contributed by atoms with Crippen LogP contribution in [-0.4, -0.2) is 33.1 Å². The fourth-order valence-corrected chi connectivity index (χ4v) is 3.71. The summed E-state index contributed by atoms with van der Waals surface area (Å²) in [7, 11) is 0. The van der Waals surface area contributed by atoms with E-state index < -0.39 is 0 Å². The third-order valence-electron chi connectivity index (χ3n) is 5.36. The summed E-state index contributed by atoms with van der Waals surface area (Å²) < 4.78 is 7.72. The molecule has 1 aromatic carbocycles. The number of benzene rings is 1. The van der Waals surface area contributed by atoms with Gasteiger partial charge < -0.3 is 15.1 Å². The van der Waals surface area contributed by atoms with E-state index in [1.165, 1.54) is 6.92 Å². The highest BCUT2D eigenvalue weighted by molar-refractivity contribution is 5.95. The molecular formula is C22H25N5O3. The van der Waals surface area contributed by atoms with Gasteiger partial charge in [0.2, 0.25) is 11.8 Å². The lowest BCUT2D eigenvalue weighted by Gasteiger charge is -2.24. The van der Waals surface area contributed by atoms with E-state index in [1.807, 2.05) is 41.9 Å². The SMILES string of the molecule is CC(=O)NCC1CCn2ncc(C(=O)NC(C)c3ncc(-c4ccccc4)o3)c2C1. The van der Waals surface area contributed by atoms with Gasteiger partial charge in [0.05, 0.1) is 23.7 Å². The number of rotatable bonds is 6. The second-order valence-electron chi connectivity index (χ2n) is 7.65. The van der Waals surface area contributed by atoms with Gasteiger partial charge in [0.25, 0.3) is 5.91 Å². The number of carbonyl (C=O) groups excluding carboxylic acids is 2. The van der Waals surface area contributed by atoms with Gasteiger partial charge in [0.15, 0.2) is 5.76 Å².